The third kappa shape index (κ3) is 5.90. The normalized spacial score (nSPS) is 14.2. The molecule has 176 valence electrons. The number of alkyl carbamates (subject to hydrolysis) is 1. The lowest BCUT2D eigenvalue weighted by Crippen LogP contribution is -2.52. The predicted octanol–water partition coefficient (Wildman–Crippen LogP) is 2.89. The van der Waals surface area contributed by atoms with E-state index in [4.69, 9.17) is 9.84 Å². The van der Waals surface area contributed by atoms with Crippen molar-refractivity contribution in [3.8, 4) is 11.1 Å². The molecule has 0 aliphatic heterocycles. The summed E-state index contributed by atoms with van der Waals surface area (Å²) in [5.41, 5.74) is 4.39. The first kappa shape index (κ1) is 24.3. The SMILES string of the molecule is CC(C)C[C@H](NC(=O)OCC1c2ccccc2-c2ccccc21)C(=O)NC(CCO)C(=O)O. The molecule has 0 heterocycles. The lowest BCUT2D eigenvalue weighted by Gasteiger charge is -2.23. The molecule has 0 radical (unpaired) electrons. The van der Waals surface area contributed by atoms with Crippen LogP contribution in [-0.2, 0) is 14.3 Å². The number of carboxylic acids is 1. The molecule has 2 aromatic carbocycles. The average Bonchev–Trinajstić information content (AvgIpc) is 3.10. The molecule has 0 spiro atoms. The van der Waals surface area contributed by atoms with Crippen LogP contribution in [0.2, 0.25) is 0 Å². The lowest BCUT2D eigenvalue weighted by atomic mass is 9.98. The van der Waals surface area contributed by atoms with Crippen LogP contribution in [0.25, 0.3) is 11.1 Å². The van der Waals surface area contributed by atoms with Gasteiger partial charge in [-0.25, -0.2) is 9.59 Å². The second-order valence-electron chi connectivity index (χ2n) is 8.56. The van der Waals surface area contributed by atoms with E-state index in [9.17, 15) is 19.5 Å². The van der Waals surface area contributed by atoms with Gasteiger partial charge >= 0.3 is 12.1 Å². The van der Waals surface area contributed by atoms with E-state index < -0.39 is 30.1 Å². The maximum absolute atomic E-state index is 12.7. The average molecular weight is 455 g/mol. The van der Waals surface area contributed by atoms with Gasteiger partial charge in [0.1, 0.15) is 18.7 Å². The third-order valence-corrected chi connectivity index (χ3v) is 5.69. The topological polar surface area (TPSA) is 125 Å². The molecule has 8 nitrogen and oxygen atoms in total. The fourth-order valence-electron chi connectivity index (χ4n) is 4.14. The van der Waals surface area contributed by atoms with Crippen molar-refractivity contribution >= 4 is 18.0 Å². The third-order valence-electron chi connectivity index (χ3n) is 5.69. The number of hydrogen-bond donors (Lipinski definition) is 4. The van der Waals surface area contributed by atoms with E-state index in [1.165, 1.54) is 0 Å². The Morgan fingerprint density at radius 3 is 2.03 bits per heavy atom. The van der Waals surface area contributed by atoms with Crippen molar-refractivity contribution in [3.05, 3.63) is 59.7 Å². The number of fused-ring (bicyclic) bond motifs is 3. The smallest absolute Gasteiger partial charge is 0.407 e. The predicted molar refractivity (Wildman–Crippen MR) is 123 cm³/mol. The Balaban J connectivity index is 1.66. The van der Waals surface area contributed by atoms with E-state index in [-0.39, 0.29) is 31.5 Å². The number of carbonyl (C=O) groups excluding carboxylic acids is 2. The number of nitrogens with one attached hydrogen (secondary N) is 2. The first-order valence-electron chi connectivity index (χ1n) is 11.1. The molecule has 3 rings (SSSR count). The van der Waals surface area contributed by atoms with Gasteiger partial charge in [0.2, 0.25) is 5.91 Å². The first-order valence-corrected chi connectivity index (χ1v) is 11.1. The van der Waals surface area contributed by atoms with Crippen LogP contribution in [0.3, 0.4) is 0 Å². The van der Waals surface area contributed by atoms with Gasteiger partial charge in [-0.15, -0.1) is 0 Å². The second kappa shape index (κ2) is 11.0. The van der Waals surface area contributed by atoms with Crippen LogP contribution in [0.15, 0.2) is 48.5 Å². The zero-order valence-electron chi connectivity index (χ0n) is 18.8. The number of rotatable bonds is 10. The van der Waals surface area contributed by atoms with Gasteiger partial charge in [0.05, 0.1) is 0 Å². The zero-order valence-corrected chi connectivity index (χ0v) is 18.8. The monoisotopic (exact) mass is 454 g/mol. The summed E-state index contributed by atoms with van der Waals surface area (Å²) in [6, 6.07) is 13.8. The fourth-order valence-corrected chi connectivity index (χ4v) is 4.14. The zero-order chi connectivity index (χ0) is 24.0. The summed E-state index contributed by atoms with van der Waals surface area (Å²) in [5.74, 6) is -1.92. The number of aliphatic carboxylic acids is 1. The lowest BCUT2D eigenvalue weighted by molar-refractivity contribution is -0.142. The first-order chi connectivity index (χ1) is 15.8. The Morgan fingerprint density at radius 1 is 0.939 bits per heavy atom. The van der Waals surface area contributed by atoms with Crippen LogP contribution in [0, 0.1) is 5.92 Å². The molecule has 0 saturated carbocycles. The molecule has 2 aromatic rings. The van der Waals surface area contributed by atoms with Gasteiger partial charge in [-0.3, -0.25) is 4.79 Å². The maximum Gasteiger partial charge on any atom is 0.407 e. The fraction of sp³-hybridized carbons (Fsp3) is 0.400. The van der Waals surface area contributed by atoms with E-state index in [1.54, 1.807) is 0 Å². The van der Waals surface area contributed by atoms with Crippen molar-refractivity contribution in [1.82, 2.24) is 10.6 Å². The standard InChI is InChI=1S/C25H30N2O6/c1-15(2)13-22(23(29)26-21(11-12-28)24(30)31)27-25(32)33-14-20-18-9-5-3-7-16(18)17-8-4-6-10-19(17)20/h3-10,15,20-22,28H,11-14H2,1-2H3,(H,26,29)(H,27,32)(H,30,31)/t21?,22-/m0/s1. The van der Waals surface area contributed by atoms with Crippen LogP contribution in [0.5, 0.6) is 0 Å². The molecule has 33 heavy (non-hydrogen) atoms. The summed E-state index contributed by atoms with van der Waals surface area (Å²) >= 11 is 0. The summed E-state index contributed by atoms with van der Waals surface area (Å²) in [6.45, 7) is 3.51. The van der Waals surface area contributed by atoms with Gasteiger partial charge in [0, 0.05) is 18.9 Å². The van der Waals surface area contributed by atoms with Crippen LogP contribution in [-0.4, -0.2) is 53.5 Å². The summed E-state index contributed by atoms with van der Waals surface area (Å²) < 4.78 is 5.52. The molecule has 1 aliphatic carbocycles. The van der Waals surface area contributed by atoms with Gasteiger partial charge in [-0.1, -0.05) is 62.4 Å². The van der Waals surface area contributed by atoms with Crippen LogP contribution in [0.4, 0.5) is 4.79 Å². The number of aliphatic hydroxyl groups excluding tert-OH is 1. The molecule has 0 saturated heterocycles. The van der Waals surface area contributed by atoms with Crippen LogP contribution >= 0.6 is 0 Å². The van der Waals surface area contributed by atoms with E-state index in [2.05, 4.69) is 10.6 Å². The highest BCUT2D eigenvalue weighted by Gasteiger charge is 2.31. The minimum atomic E-state index is -1.25. The summed E-state index contributed by atoms with van der Waals surface area (Å²) in [6.07, 6.45) is -0.561. The molecule has 1 unspecified atom stereocenters. The molecule has 1 aliphatic rings. The van der Waals surface area contributed by atoms with Crippen molar-refractivity contribution in [2.75, 3.05) is 13.2 Å². The number of carboxylic acid groups (broad SMARTS) is 1. The minimum absolute atomic E-state index is 0.0655. The molecule has 4 N–H and O–H groups in total. The van der Waals surface area contributed by atoms with Crippen molar-refractivity contribution in [3.63, 3.8) is 0 Å². The van der Waals surface area contributed by atoms with Gasteiger partial charge in [0.15, 0.2) is 0 Å². The molecular weight excluding hydrogens is 424 g/mol. The molecule has 0 bridgehead atoms. The van der Waals surface area contributed by atoms with Gasteiger partial charge in [-0.2, -0.15) is 0 Å². The van der Waals surface area contributed by atoms with Crippen LogP contribution in [0.1, 0.15) is 43.7 Å². The van der Waals surface area contributed by atoms with Crippen molar-refractivity contribution < 1.29 is 29.3 Å². The Labute approximate surface area is 193 Å². The van der Waals surface area contributed by atoms with E-state index in [0.717, 1.165) is 22.3 Å². The Bertz CT molecular complexity index is 960. The van der Waals surface area contributed by atoms with Gasteiger partial charge < -0.3 is 25.6 Å². The largest absolute Gasteiger partial charge is 0.480 e. The number of benzene rings is 2. The number of amides is 2. The van der Waals surface area contributed by atoms with E-state index >= 15 is 0 Å². The molecule has 2 amide bonds. The van der Waals surface area contributed by atoms with Gasteiger partial charge in [0.25, 0.3) is 0 Å². The number of ether oxygens (including phenoxy) is 1. The summed E-state index contributed by atoms with van der Waals surface area (Å²) in [7, 11) is 0. The summed E-state index contributed by atoms with van der Waals surface area (Å²) in [5, 5.41) is 23.2. The van der Waals surface area contributed by atoms with E-state index in [1.807, 2.05) is 62.4 Å². The Morgan fingerprint density at radius 2 is 1.52 bits per heavy atom. The molecule has 8 heteroatoms. The minimum Gasteiger partial charge on any atom is -0.480 e. The quantitative estimate of drug-likeness (QED) is 0.438. The highest BCUT2D eigenvalue weighted by molar-refractivity contribution is 5.89. The molecular formula is C25H30N2O6. The Hall–Kier alpha value is -3.39. The van der Waals surface area contributed by atoms with E-state index in [0.29, 0.717) is 6.42 Å². The number of aliphatic hydroxyl groups is 1. The Kier molecular flexibility index (Phi) is 8.06. The number of hydrogen-bond acceptors (Lipinski definition) is 5. The highest BCUT2D eigenvalue weighted by Crippen LogP contribution is 2.44. The van der Waals surface area contributed by atoms with Crippen molar-refractivity contribution in [1.29, 1.82) is 0 Å². The molecule has 0 aromatic heterocycles. The van der Waals surface area contributed by atoms with Gasteiger partial charge in [-0.05, 0) is 34.6 Å². The van der Waals surface area contributed by atoms with Crippen molar-refractivity contribution in [2.45, 2.75) is 44.7 Å². The molecule has 0 fully saturated rings. The summed E-state index contributed by atoms with van der Waals surface area (Å²) in [4.78, 5) is 36.6. The van der Waals surface area contributed by atoms with Crippen LogP contribution < -0.4 is 10.6 Å². The highest BCUT2D eigenvalue weighted by atomic mass is 16.5. The maximum atomic E-state index is 12.7. The van der Waals surface area contributed by atoms with Crippen molar-refractivity contribution in [2.24, 2.45) is 5.92 Å². The number of carbonyl (C=O) groups is 3. The molecule has 2 atom stereocenters. The second-order valence-corrected chi connectivity index (χ2v) is 8.56.